The predicted octanol–water partition coefficient (Wildman–Crippen LogP) is 4.35. The fourth-order valence-corrected chi connectivity index (χ4v) is 4.78. The number of nitrogens with one attached hydrogen (secondary N) is 2. The summed E-state index contributed by atoms with van der Waals surface area (Å²) in [4.78, 5) is 7.04. The van der Waals surface area contributed by atoms with Crippen LogP contribution in [-0.4, -0.2) is 42.9 Å². The van der Waals surface area contributed by atoms with Crippen molar-refractivity contribution in [2.75, 3.05) is 43.1 Å². The van der Waals surface area contributed by atoms with Gasteiger partial charge in [-0.15, -0.1) is 0 Å². The first-order valence-electron chi connectivity index (χ1n) is 11.0. The fraction of sp³-hybridized carbons (Fsp3) is 0.500. The molecule has 4 rings (SSSR count). The minimum atomic E-state index is 0.0539. The maximum absolute atomic E-state index is 5.63. The van der Waals surface area contributed by atoms with Crippen LogP contribution < -0.4 is 15.5 Å². The number of hydrogen-bond acceptors (Lipinski definition) is 4. The molecule has 2 aromatic rings. The molecule has 0 aliphatic carbocycles. The van der Waals surface area contributed by atoms with Gasteiger partial charge in [-0.1, -0.05) is 37.3 Å². The molecule has 30 heavy (non-hydrogen) atoms. The highest BCUT2D eigenvalue weighted by Gasteiger charge is 2.34. The van der Waals surface area contributed by atoms with E-state index in [0.29, 0.717) is 5.11 Å². The largest absolute Gasteiger partial charge is 0.381 e. The van der Waals surface area contributed by atoms with Crippen LogP contribution in [0.4, 0.5) is 11.5 Å². The number of thiocarbonyl (C=S) groups is 1. The lowest BCUT2D eigenvalue weighted by Crippen LogP contribution is -2.45. The monoisotopic (exact) mass is 424 g/mol. The minimum absolute atomic E-state index is 0.0539. The fourth-order valence-electron chi connectivity index (χ4n) is 4.59. The van der Waals surface area contributed by atoms with Crippen molar-refractivity contribution in [1.29, 1.82) is 0 Å². The van der Waals surface area contributed by atoms with Gasteiger partial charge in [0.05, 0.1) is 11.9 Å². The van der Waals surface area contributed by atoms with Crippen LogP contribution in [0.3, 0.4) is 0 Å². The Bertz CT molecular complexity index is 821. The molecule has 1 aromatic carbocycles. The number of ether oxygens (including phenoxy) is 1. The summed E-state index contributed by atoms with van der Waals surface area (Å²) in [7, 11) is 0. The number of anilines is 2. The third-order valence-electron chi connectivity index (χ3n) is 6.41. The van der Waals surface area contributed by atoms with E-state index < -0.39 is 0 Å². The van der Waals surface area contributed by atoms with Crippen LogP contribution >= 0.6 is 12.2 Å². The van der Waals surface area contributed by atoms with Gasteiger partial charge in [0.25, 0.3) is 0 Å². The zero-order chi connectivity index (χ0) is 20.8. The molecule has 2 aliphatic heterocycles. The second-order valence-electron chi connectivity index (χ2n) is 8.66. The smallest absolute Gasteiger partial charge is 0.170 e. The summed E-state index contributed by atoms with van der Waals surface area (Å²) in [5.41, 5.74) is 2.32. The SMILES string of the molecule is CC1CCCN(c2ccc(NC(=S)NCC3(c4ccccc4)CCOCC3)cn2)C1. The van der Waals surface area contributed by atoms with Crippen molar-refractivity contribution in [3.8, 4) is 0 Å². The van der Waals surface area contributed by atoms with Crippen molar-refractivity contribution < 1.29 is 4.74 Å². The lowest BCUT2D eigenvalue weighted by Gasteiger charge is -2.38. The second-order valence-corrected chi connectivity index (χ2v) is 9.07. The number of pyridine rings is 1. The third-order valence-corrected chi connectivity index (χ3v) is 6.66. The number of piperidine rings is 1. The van der Waals surface area contributed by atoms with E-state index in [2.05, 4.69) is 69.9 Å². The predicted molar refractivity (Wildman–Crippen MR) is 127 cm³/mol. The molecule has 2 aliphatic rings. The summed E-state index contributed by atoms with van der Waals surface area (Å²) in [5.74, 6) is 1.79. The molecule has 1 unspecified atom stereocenters. The number of aromatic nitrogens is 1. The van der Waals surface area contributed by atoms with Gasteiger partial charge < -0.3 is 20.3 Å². The Morgan fingerprint density at radius 1 is 1.20 bits per heavy atom. The molecule has 5 nitrogen and oxygen atoms in total. The van der Waals surface area contributed by atoms with E-state index in [1.54, 1.807) is 0 Å². The third kappa shape index (κ3) is 5.10. The van der Waals surface area contributed by atoms with E-state index in [1.165, 1.54) is 18.4 Å². The van der Waals surface area contributed by atoms with Crippen molar-refractivity contribution in [1.82, 2.24) is 10.3 Å². The van der Waals surface area contributed by atoms with Crippen molar-refractivity contribution in [2.45, 2.75) is 38.0 Å². The van der Waals surface area contributed by atoms with Crippen molar-refractivity contribution in [3.05, 3.63) is 54.2 Å². The molecule has 2 fully saturated rings. The quantitative estimate of drug-likeness (QED) is 0.696. The van der Waals surface area contributed by atoms with Crippen LogP contribution in [0, 0.1) is 5.92 Å². The summed E-state index contributed by atoms with van der Waals surface area (Å²) in [6, 6.07) is 14.9. The standard InChI is InChI=1S/C24H32N4OS/c1-19-6-5-13-28(17-19)22-10-9-21(16-25-22)27-23(30)26-18-24(11-14-29-15-12-24)20-7-3-2-4-8-20/h2-4,7-10,16,19H,5-6,11-15,17-18H2,1H3,(H2,26,27,30). The highest BCUT2D eigenvalue weighted by atomic mass is 32.1. The molecular formula is C24H32N4OS. The van der Waals surface area contributed by atoms with Gasteiger partial charge in [-0.25, -0.2) is 4.98 Å². The summed E-state index contributed by atoms with van der Waals surface area (Å²) in [6.07, 6.45) is 6.43. The van der Waals surface area contributed by atoms with Gasteiger partial charge in [0.2, 0.25) is 0 Å². The summed E-state index contributed by atoms with van der Waals surface area (Å²) in [5, 5.41) is 7.38. The zero-order valence-electron chi connectivity index (χ0n) is 17.8. The summed E-state index contributed by atoms with van der Waals surface area (Å²) < 4.78 is 5.63. The normalized spacial score (nSPS) is 21.1. The molecule has 0 saturated carbocycles. The highest BCUT2D eigenvalue weighted by Crippen LogP contribution is 2.34. The number of nitrogens with zero attached hydrogens (tertiary/aromatic N) is 2. The van der Waals surface area contributed by atoms with Crippen LogP contribution in [0.15, 0.2) is 48.7 Å². The molecule has 0 bridgehead atoms. The van der Waals surface area contributed by atoms with E-state index in [1.807, 2.05) is 6.20 Å². The Labute approximate surface area is 185 Å². The molecule has 6 heteroatoms. The number of benzene rings is 1. The van der Waals surface area contributed by atoms with E-state index in [9.17, 15) is 0 Å². The number of rotatable bonds is 5. The van der Waals surface area contributed by atoms with Gasteiger partial charge in [0, 0.05) is 38.3 Å². The van der Waals surface area contributed by atoms with Crippen LogP contribution in [0.1, 0.15) is 38.2 Å². The Morgan fingerprint density at radius 2 is 2.00 bits per heavy atom. The van der Waals surface area contributed by atoms with Crippen LogP contribution in [0.25, 0.3) is 0 Å². The Hall–Kier alpha value is -2.18. The van der Waals surface area contributed by atoms with Crippen molar-refractivity contribution in [2.24, 2.45) is 5.92 Å². The average Bonchev–Trinajstić information content (AvgIpc) is 2.79. The van der Waals surface area contributed by atoms with Gasteiger partial charge in [-0.3, -0.25) is 0 Å². The van der Waals surface area contributed by atoms with Crippen molar-refractivity contribution in [3.63, 3.8) is 0 Å². The van der Waals surface area contributed by atoms with Gasteiger partial charge in [0.1, 0.15) is 5.82 Å². The van der Waals surface area contributed by atoms with E-state index >= 15 is 0 Å². The Balaban J connectivity index is 1.35. The molecule has 1 aromatic heterocycles. The minimum Gasteiger partial charge on any atom is -0.381 e. The maximum Gasteiger partial charge on any atom is 0.170 e. The zero-order valence-corrected chi connectivity index (χ0v) is 18.6. The molecule has 160 valence electrons. The van der Waals surface area contributed by atoms with Gasteiger partial charge in [0.15, 0.2) is 5.11 Å². The van der Waals surface area contributed by atoms with E-state index in [0.717, 1.165) is 63.1 Å². The van der Waals surface area contributed by atoms with Crippen LogP contribution in [-0.2, 0) is 10.2 Å². The highest BCUT2D eigenvalue weighted by molar-refractivity contribution is 7.80. The lowest BCUT2D eigenvalue weighted by atomic mass is 9.74. The Kier molecular flexibility index (Phi) is 6.85. The van der Waals surface area contributed by atoms with Gasteiger partial charge in [-0.2, -0.15) is 0 Å². The first-order chi connectivity index (χ1) is 14.6. The number of hydrogen-bond donors (Lipinski definition) is 2. The summed E-state index contributed by atoms with van der Waals surface area (Å²) >= 11 is 5.59. The first kappa shape index (κ1) is 21.1. The molecule has 0 radical (unpaired) electrons. The molecule has 1 atom stereocenters. The van der Waals surface area contributed by atoms with E-state index in [4.69, 9.17) is 17.0 Å². The average molecular weight is 425 g/mol. The topological polar surface area (TPSA) is 49.4 Å². The Morgan fingerprint density at radius 3 is 2.70 bits per heavy atom. The molecule has 2 N–H and O–H groups in total. The van der Waals surface area contributed by atoms with Gasteiger partial charge in [-0.05, 0) is 61.5 Å². The molecule has 0 spiro atoms. The summed E-state index contributed by atoms with van der Waals surface area (Å²) in [6.45, 7) is 6.87. The maximum atomic E-state index is 5.63. The van der Waals surface area contributed by atoms with Crippen LogP contribution in [0.5, 0.6) is 0 Å². The first-order valence-corrected chi connectivity index (χ1v) is 11.4. The van der Waals surface area contributed by atoms with Crippen molar-refractivity contribution >= 4 is 28.8 Å². The molecule has 3 heterocycles. The van der Waals surface area contributed by atoms with Gasteiger partial charge >= 0.3 is 0 Å². The molecule has 2 saturated heterocycles. The molecule has 0 amide bonds. The van der Waals surface area contributed by atoms with E-state index in [-0.39, 0.29) is 5.41 Å². The second kappa shape index (κ2) is 9.75. The molecular weight excluding hydrogens is 392 g/mol. The lowest BCUT2D eigenvalue weighted by molar-refractivity contribution is 0.0515. The van der Waals surface area contributed by atoms with Crippen LogP contribution in [0.2, 0.25) is 0 Å².